The third-order valence-electron chi connectivity index (χ3n) is 2.86. The molecule has 110 valence electrons. The molecule has 0 aliphatic heterocycles. The fraction of sp³-hybridized carbons (Fsp3) is 0.188. The summed E-state index contributed by atoms with van der Waals surface area (Å²) in [5, 5.41) is 9.40. The summed E-state index contributed by atoms with van der Waals surface area (Å²) in [6, 6.07) is 9.42. The van der Waals surface area contributed by atoms with Crippen LogP contribution in [0.3, 0.4) is 0 Å². The maximum atomic E-state index is 13.3. The highest BCUT2D eigenvalue weighted by atomic mass is 32.2. The summed E-state index contributed by atoms with van der Waals surface area (Å²) in [6.07, 6.45) is 0. The van der Waals surface area contributed by atoms with Gasteiger partial charge in [0, 0.05) is 4.90 Å². The van der Waals surface area contributed by atoms with E-state index in [0.29, 0.717) is 16.2 Å². The standard InChI is InChI=1S/C16H15FO3S/c1-3-21-14-6-4-5-13(15(14)16(18)19)20-11-7-8-12(17)10(2)9-11/h4-9H,3H2,1-2H3,(H,18,19). The minimum absolute atomic E-state index is 0.131. The Balaban J connectivity index is 2.41. The second-order valence-electron chi connectivity index (χ2n) is 4.38. The van der Waals surface area contributed by atoms with Gasteiger partial charge >= 0.3 is 5.97 Å². The van der Waals surface area contributed by atoms with Crippen molar-refractivity contribution in [3.63, 3.8) is 0 Å². The van der Waals surface area contributed by atoms with Gasteiger partial charge in [-0.25, -0.2) is 9.18 Å². The highest BCUT2D eigenvalue weighted by Crippen LogP contribution is 2.33. The van der Waals surface area contributed by atoms with Gasteiger partial charge in [0.05, 0.1) is 0 Å². The zero-order valence-electron chi connectivity index (χ0n) is 11.7. The predicted octanol–water partition coefficient (Wildman–Crippen LogP) is 4.74. The maximum Gasteiger partial charge on any atom is 0.340 e. The van der Waals surface area contributed by atoms with Crippen molar-refractivity contribution in [2.45, 2.75) is 18.7 Å². The third-order valence-corrected chi connectivity index (χ3v) is 3.80. The Morgan fingerprint density at radius 3 is 2.71 bits per heavy atom. The van der Waals surface area contributed by atoms with Crippen LogP contribution >= 0.6 is 11.8 Å². The lowest BCUT2D eigenvalue weighted by Gasteiger charge is -2.12. The van der Waals surface area contributed by atoms with Gasteiger partial charge in [-0.1, -0.05) is 13.0 Å². The van der Waals surface area contributed by atoms with E-state index in [2.05, 4.69) is 0 Å². The Morgan fingerprint density at radius 2 is 2.10 bits per heavy atom. The normalized spacial score (nSPS) is 10.4. The molecule has 0 saturated heterocycles. The number of halogens is 1. The molecule has 0 fully saturated rings. The molecule has 0 bridgehead atoms. The summed E-state index contributed by atoms with van der Waals surface area (Å²) < 4.78 is 18.9. The van der Waals surface area contributed by atoms with Crippen molar-refractivity contribution in [2.24, 2.45) is 0 Å². The van der Waals surface area contributed by atoms with Crippen LogP contribution in [0.4, 0.5) is 4.39 Å². The van der Waals surface area contributed by atoms with Crippen molar-refractivity contribution in [1.29, 1.82) is 0 Å². The molecule has 0 aromatic heterocycles. The molecule has 0 amide bonds. The quantitative estimate of drug-likeness (QED) is 0.811. The molecule has 0 heterocycles. The van der Waals surface area contributed by atoms with Crippen LogP contribution in [-0.2, 0) is 0 Å². The van der Waals surface area contributed by atoms with Crippen molar-refractivity contribution in [3.8, 4) is 11.5 Å². The summed E-state index contributed by atoms with van der Waals surface area (Å²) in [7, 11) is 0. The molecule has 0 atom stereocenters. The molecule has 21 heavy (non-hydrogen) atoms. The van der Waals surface area contributed by atoms with Gasteiger partial charge in [0.1, 0.15) is 22.9 Å². The number of benzene rings is 2. The van der Waals surface area contributed by atoms with Crippen LogP contribution in [-0.4, -0.2) is 16.8 Å². The first-order chi connectivity index (χ1) is 10.0. The van der Waals surface area contributed by atoms with Gasteiger partial charge in [-0.15, -0.1) is 11.8 Å². The number of carboxylic acids is 1. The number of hydrogen-bond donors (Lipinski definition) is 1. The molecule has 1 N–H and O–H groups in total. The van der Waals surface area contributed by atoms with E-state index in [4.69, 9.17) is 4.74 Å². The van der Waals surface area contributed by atoms with Gasteiger partial charge < -0.3 is 9.84 Å². The van der Waals surface area contributed by atoms with Crippen molar-refractivity contribution in [1.82, 2.24) is 0 Å². The van der Waals surface area contributed by atoms with Crippen LogP contribution in [0.25, 0.3) is 0 Å². The highest BCUT2D eigenvalue weighted by molar-refractivity contribution is 7.99. The lowest BCUT2D eigenvalue weighted by molar-refractivity contribution is 0.0690. The second-order valence-corrected chi connectivity index (χ2v) is 5.69. The first kappa shape index (κ1) is 15.4. The number of aromatic carboxylic acids is 1. The molecule has 2 aromatic rings. The van der Waals surface area contributed by atoms with Crippen LogP contribution in [0, 0.1) is 12.7 Å². The Hall–Kier alpha value is -2.01. The number of rotatable bonds is 5. The summed E-state index contributed by atoms with van der Waals surface area (Å²) in [5.74, 6) is 0.0674. The van der Waals surface area contributed by atoms with Crippen LogP contribution < -0.4 is 4.74 Å². The van der Waals surface area contributed by atoms with Crippen LogP contribution in [0.5, 0.6) is 11.5 Å². The number of thioether (sulfide) groups is 1. The van der Waals surface area contributed by atoms with E-state index in [1.54, 1.807) is 31.2 Å². The van der Waals surface area contributed by atoms with Crippen molar-refractivity contribution in [2.75, 3.05) is 5.75 Å². The van der Waals surface area contributed by atoms with E-state index in [1.165, 1.54) is 23.9 Å². The van der Waals surface area contributed by atoms with Crippen molar-refractivity contribution >= 4 is 17.7 Å². The summed E-state index contributed by atoms with van der Waals surface area (Å²) in [6.45, 7) is 3.58. The zero-order valence-corrected chi connectivity index (χ0v) is 12.5. The molecular formula is C16H15FO3S. The first-order valence-corrected chi connectivity index (χ1v) is 7.44. The fourth-order valence-corrected chi connectivity index (χ4v) is 2.71. The molecule has 2 rings (SSSR count). The zero-order chi connectivity index (χ0) is 15.4. The molecule has 0 aliphatic carbocycles. The first-order valence-electron chi connectivity index (χ1n) is 6.46. The predicted molar refractivity (Wildman–Crippen MR) is 81.0 cm³/mol. The average molecular weight is 306 g/mol. The average Bonchev–Trinajstić information content (AvgIpc) is 2.43. The lowest BCUT2D eigenvalue weighted by Crippen LogP contribution is -2.02. The molecule has 0 unspecified atom stereocenters. The molecule has 2 aromatic carbocycles. The molecule has 0 radical (unpaired) electrons. The molecule has 5 heteroatoms. The number of carboxylic acid groups (broad SMARTS) is 1. The topological polar surface area (TPSA) is 46.5 Å². The molecular weight excluding hydrogens is 291 g/mol. The van der Waals surface area contributed by atoms with E-state index in [0.717, 1.165) is 5.75 Å². The molecule has 0 spiro atoms. The Bertz CT molecular complexity index is 671. The summed E-state index contributed by atoms with van der Waals surface area (Å²) >= 11 is 1.44. The number of aryl methyl sites for hydroxylation is 1. The minimum Gasteiger partial charge on any atom is -0.478 e. The van der Waals surface area contributed by atoms with Gasteiger partial charge in [0.25, 0.3) is 0 Å². The number of carbonyl (C=O) groups is 1. The van der Waals surface area contributed by atoms with Gasteiger partial charge in [0.2, 0.25) is 0 Å². The maximum absolute atomic E-state index is 13.3. The van der Waals surface area contributed by atoms with E-state index in [-0.39, 0.29) is 17.1 Å². The van der Waals surface area contributed by atoms with E-state index in [9.17, 15) is 14.3 Å². The lowest BCUT2D eigenvalue weighted by atomic mass is 10.2. The fourth-order valence-electron chi connectivity index (χ4n) is 1.89. The molecule has 0 saturated carbocycles. The molecule has 3 nitrogen and oxygen atoms in total. The molecule has 0 aliphatic rings. The number of ether oxygens (including phenoxy) is 1. The Morgan fingerprint density at radius 1 is 1.33 bits per heavy atom. The number of hydrogen-bond acceptors (Lipinski definition) is 3. The monoisotopic (exact) mass is 306 g/mol. The highest BCUT2D eigenvalue weighted by Gasteiger charge is 2.17. The van der Waals surface area contributed by atoms with Gasteiger partial charge in [-0.3, -0.25) is 0 Å². The van der Waals surface area contributed by atoms with Gasteiger partial charge in [-0.2, -0.15) is 0 Å². The smallest absolute Gasteiger partial charge is 0.340 e. The Labute approximate surface area is 126 Å². The minimum atomic E-state index is -1.04. The van der Waals surface area contributed by atoms with Crippen LogP contribution in [0.15, 0.2) is 41.3 Å². The van der Waals surface area contributed by atoms with Crippen LogP contribution in [0.2, 0.25) is 0 Å². The Kier molecular flexibility index (Phi) is 4.85. The van der Waals surface area contributed by atoms with Crippen LogP contribution in [0.1, 0.15) is 22.8 Å². The van der Waals surface area contributed by atoms with E-state index >= 15 is 0 Å². The van der Waals surface area contributed by atoms with Gasteiger partial charge in [0.15, 0.2) is 0 Å². The van der Waals surface area contributed by atoms with Crippen molar-refractivity contribution < 1.29 is 19.0 Å². The largest absolute Gasteiger partial charge is 0.478 e. The summed E-state index contributed by atoms with van der Waals surface area (Å²) in [5.41, 5.74) is 0.579. The second kappa shape index (κ2) is 6.63. The summed E-state index contributed by atoms with van der Waals surface area (Å²) in [4.78, 5) is 12.1. The van der Waals surface area contributed by atoms with E-state index in [1.807, 2.05) is 6.92 Å². The van der Waals surface area contributed by atoms with Crippen molar-refractivity contribution in [3.05, 3.63) is 53.3 Å². The van der Waals surface area contributed by atoms with Gasteiger partial charge in [-0.05, 0) is 48.6 Å². The SMILES string of the molecule is CCSc1cccc(Oc2ccc(F)c(C)c2)c1C(=O)O. The third kappa shape index (κ3) is 3.55. The van der Waals surface area contributed by atoms with E-state index < -0.39 is 5.97 Å².